The molecule has 0 saturated carbocycles. The minimum Gasteiger partial charge on any atom is -0.443 e. The SMILES string of the molecule is CCN(CC)CC(CN(CC)CC)OC(=O)Nc1ccccc1.Cl. The van der Waals surface area contributed by atoms with Crippen molar-refractivity contribution < 1.29 is 9.53 Å². The first-order chi connectivity index (χ1) is 11.1. The lowest BCUT2D eigenvalue weighted by Gasteiger charge is -2.29. The van der Waals surface area contributed by atoms with E-state index < -0.39 is 0 Å². The van der Waals surface area contributed by atoms with Crippen molar-refractivity contribution in [2.24, 2.45) is 0 Å². The molecule has 5 nitrogen and oxygen atoms in total. The van der Waals surface area contributed by atoms with Gasteiger partial charge in [0.1, 0.15) is 6.10 Å². The fourth-order valence-electron chi connectivity index (χ4n) is 2.49. The van der Waals surface area contributed by atoms with Crippen molar-refractivity contribution in [2.45, 2.75) is 33.8 Å². The highest BCUT2D eigenvalue weighted by Gasteiger charge is 2.19. The Bertz CT molecular complexity index is 423. The first kappa shape index (κ1) is 22.7. The number of halogens is 1. The van der Waals surface area contributed by atoms with Crippen molar-refractivity contribution in [3.8, 4) is 0 Å². The molecule has 0 spiro atoms. The maximum atomic E-state index is 12.2. The number of rotatable bonds is 10. The zero-order valence-corrected chi connectivity index (χ0v) is 16.1. The number of hydrogen-bond donors (Lipinski definition) is 1. The Morgan fingerprint density at radius 2 is 1.42 bits per heavy atom. The van der Waals surface area contributed by atoms with E-state index in [9.17, 15) is 4.79 Å². The summed E-state index contributed by atoms with van der Waals surface area (Å²) in [5.74, 6) is 0. The third-order valence-corrected chi connectivity index (χ3v) is 4.01. The van der Waals surface area contributed by atoms with Crippen molar-refractivity contribution in [1.29, 1.82) is 0 Å². The van der Waals surface area contributed by atoms with Crippen LogP contribution in [0.3, 0.4) is 0 Å². The second-order valence-electron chi connectivity index (χ2n) is 5.49. The average Bonchev–Trinajstić information content (AvgIpc) is 2.57. The number of carbonyl (C=O) groups excluding carboxylic acids is 1. The predicted octanol–water partition coefficient (Wildman–Crippen LogP) is 3.71. The van der Waals surface area contributed by atoms with Crippen molar-refractivity contribution in [3.05, 3.63) is 30.3 Å². The van der Waals surface area contributed by atoms with E-state index in [1.807, 2.05) is 30.3 Å². The molecule has 0 bridgehead atoms. The zero-order chi connectivity index (χ0) is 17.1. The number of hydrogen-bond acceptors (Lipinski definition) is 4. The standard InChI is InChI=1S/C18H31N3O2.ClH/c1-5-20(6-2)14-17(15-21(7-3)8-4)23-18(22)19-16-12-10-9-11-13-16;/h9-13,17H,5-8,14-15H2,1-4H3,(H,19,22);1H. The summed E-state index contributed by atoms with van der Waals surface area (Å²) in [6.45, 7) is 13.8. The van der Waals surface area contributed by atoms with Gasteiger partial charge in [0.05, 0.1) is 0 Å². The Labute approximate surface area is 152 Å². The van der Waals surface area contributed by atoms with Crippen molar-refractivity contribution in [2.75, 3.05) is 44.6 Å². The molecule has 0 fully saturated rings. The minimum atomic E-state index is -0.388. The molecule has 1 aromatic carbocycles. The van der Waals surface area contributed by atoms with Gasteiger partial charge in [-0.25, -0.2) is 4.79 Å². The monoisotopic (exact) mass is 357 g/mol. The van der Waals surface area contributed by atoms with Gasteiger partial charge < -0.3 is 14.5 Å². The zero-order valence-electron chi connectivity index (χ0n) is 15.3. The van der Waals surface area contributed by atoms with Crippen LogP contribution in [0.2, 0.25) is 0 Å². The molecule has 0 aromatic heterocycles. The van der Waals surface area contributed by atoms with E-state index in [0.29, 0.717) is 0 Å². The van der Waals surface area contributed by atoms with Crippen molar-refractivity contribution in [3.63, 3.8) is 0 Å². The number of amides is 1. The number of carbonyl (C=O) groups is 1. The van der Waals surface area contributed by atoms with E-state index in [0.717, 1.165) is 45.0 Å². The highest BCUT2D eigenvalue weighted by Crippen LogP contribution is 2.08. The Kier molecular flexibility index (Phi) is 12.3. The van der Waals surface area contributed by atoms with Gasteiger partial charge in [0.2, 0.25) is 0 Å². The number of likely N-dealkylation sites (N-methyl/N-ethyl adjacent to an activating group) is 2. The van der Waals surface area contributed by atoms with Crippen LogP contribution in [0.15, 0.2) is 30.3 Å². The Morgan fingerprint density at radius 1 is 0.958 bits per heavy atom. The summed E-state index contributed by atoms with van der Waals surface area (Å²) in [7, 11) is 0. The molecular weight excluding hydrogens is 326 g/mol. The smallest absolute Gasteiger partial charge is 0.411 e. The first-order valence-corrected chi connectivity index (χ1v) is 8.60. The average molecular weight is 358 g/mol. The van der Waals surface area contributed by atoms with Gasteiger partial charge in [-0.2, -0.15) is 0 Å². The second-order valence-corrected chi connectivity index (χ2v) is 5.49. The molecule has 1 rings (SSSR count). The summed E-state index contributed by atoms with van der Waals surface area (Å²) >= 11 is 0. The number of benzene rings is 1. The maximum absolute atomic E-state index is 12.2. The van der Waals surface area contributed by atoms with Gasteiger partial charge in [-0.15, -0.1) is 12.4 Å². The summed E-state index contributed by atoms with van der Waals surface area (Å²) in [6, 6.07) is 9.40. The van der Waals surface area contributed by atoms with Crippen LogP contribution in [0.25, 0.3) is 0 Å². The quantitative estimate of drug-likeness (QED) is 0.693. The van der Waals surface area contributed by atoms with Crippen LogP contribution in [-0.4, -0.2) is 61.3 Å². The molecule has 0 radical (unpaired) electrons. The van der Waals surface area contributed by atoms with Crippen LogP contribution in [-0.2, 0) is 4.74 Å². The van der Waals surface area contributed by atoms with Gasteiger partial charge in [-0.05, 0) is 38.3 Å². The lowest BCUT2D eigenvalue weighted by Crippen LogP contribution is -2.43. The fourth-order valence-corrected chi connectivity index (χ4v) is 2.49. The van der Waals surface area contributed by atoms with Crippen LogP contribution in [0.4, 0.5) is 10.5 Å². The van der Waals surface area contributed by atoms with E-state index >= 15 is 0 Å². The van der Waals surface area contributed by atoms with Crippen LogP contribution >= 0.6 is 12.4 Å². The number of anilines is 1. The lowest BCUT2D eigenvalue weighted by molar-refractivity contribution is 0.0575. The molecule has 0 saturated heterocycles. The van der Waals surface area contributed by atoms with E-state index in [2.05, 4.69) is 42.8 Å². The highest BCUT2D eigenvalue weighted by atomic mass is 35.5. The molecule has 0 aliphatic carbocycles. The third-order valence-electron chi connectivity index (χ3n) is 4.01. The van der Waals surface area contributed by atoms with E-state index in [1.54, 1.807) is 0 Å². The largest absolute Gasteiger partial charge is 0.443 e. The number of para-hydroxylation sites is 1. The second kappa shape index (κ2) is 13.0. The summed E-state index contributed by atoms with van der Waals surface area (Å²) < 4.78 is 5.69. The summed E-state index contributed by atoms with van der Waals surface area (Å²) in [5.41, 5.74) is 0.752. The molecule has 6 heteroatoms. The highest BCUT2D eigenvalue weighted by molar-refractivity contribution is 5.85. The first-order valence-electron chi connectivity index (χ1n) is 8.60. The predicted molar refractivity (Wildman–Crippen MR) is 103 cm³/mol. The fraction of sp³-hybridized carbons (Fsp3) is 0.611. The van der Waals surface area contributed by atoms with Gasteiger partial charge in [0, 0.05) is 18.8 Å². The van der Waals surface area contributed by atoms with Crippen LogP contribution in [0, 0.1) is 0 Å². The van der Waals surface area contributed by atoms with Crippen LogP contribution < -0.4 is 5.32 Å². The molecule has 24 heavy (non-hydrogen) atoms. The number of nitrogens with zero attached hydrogens (tertiary/aromatic N) is 2. The molecule has 1 amide bonds. The molecule has 138 valence electrons. The molecule has 0 heterocycles. The van der Waals surface area contributed by atoms with Gasteiger partial charge in [-0.3, -0.25) is 5.32 Å². The topological polar surface area (TPSA) is 44.8 Å². The third kappa shape index (κ3) is 8.52. The molecular formula is C18H32ClN3O2. The molecule has 1 N–H and O–H groups in total. The van der Waals surface area contributed by atoms with E-state index in [-0.39, 0.29) is 24.6 Å². The Balaban J connectivity index is 0.00000529. The van der Waals surface area contributed by atoms with Crippen molar-refractivity contribution >= 4 is 24.2 Å². The molecule has 0 atom stereocenters. The number of ether oxygens (including phenoxy) is 1. The molecule has 0 aliphatic heterocycles. The van der Waals surface area contributed by atoms with Gasteiger partial charge in [-0.1, -0.05) is 45.9 Å². The minimum absolute atomic E-state index is 0. The van der Waals surface area contributed by atoms with Crippen molar-refractivity contribution in [1.82, 2.24) is 9.80 Å². The summed E-state index contributed by atoms with van der Waals surface area (Å²) in [5, 5.41) is 2.79. The molecule has 1 aromatic rings. The van der Waals surface area contributed by atoms with Crippen LogP contribution in [0.1, 0.15) is 27.7 Å². The van der Waals surface area contributed by atoms with Gasteiger partial charge >= 0.3 is 6.09 Å². The normalized spacial score (nSPS) is 10.8. The Morgan fingerprint density at radius 3 is 1.83 bits per heavy atom. The summed E-state index contributed by atoms with van der Waals surface area (Å²) in [6.07, 6.45) is -0.529. The lowest BCUT2D eigenvalue weighted by atomic mass is 10.2. The van der Waals surface area contributed by atoms with Crippen LogP contribution in [0.5, 0.6) is 0 Å². The maximum Gasteiger partial charge on any atom is 0.411 e. The summed E-state index contributed by atoms with van der Waals surface area (Å²) in [4.78, 5) is 16.7. The van der Waals surface area contributed by atoms with E-state index in [4.69, 9.17) is 4.74 Å². The Hall–Kier alpha value is -1.30. The number of nitrogens with one attached hydrogen (secondary N) is 1. The molecule has 0 aliphatic rings. The van der Waals surface area contributed by atoms with Gasteiger partial charge in [0.15, 0.2) is 0 Å². The van der Waals surface area contributed by atoms with E-state index in [1.165, 1.54) is 0 Å². The van der Waals surface area contributed by atoms with Gasteiger partial charge in [0.25, 0.3) is 0 Å². The molecule has 0 unspecified atom stereocenters.